The van der Waals surface area contributed by atoms with Crippen molar-refractivity contribution in [1.82, 2.24) is 25.1 Å². The second-order valence-corrected chi connectivity index (χ2v) is 7.03. The number of fused-ring (bicyclic) bond motifs is 1. The summed E-state index contributed by atoms with van der Waals surface area (Å²) in [5.41, 5.74) is 1.97. The summed E-state index contributed by atoms with van der Waals surface area (Å²) in [5, 5.41) is 14.0. The number of aromatic nitrogens is 5. The van der Waals surface area contributed by atoms with Gasteiger partial charge in [0.1, 0.15) is 10.9 Å². The van der Waals surface area contributed by atoms with Gasteiger partial charge in [-0.1, -0.05) is 25.1 Å². The number of aromatic amines is 1. The van der Waals surface area contributed by atoms with Crippen LogP contribution >= 0.6 is 23.1 Å². The zero-order chi connectivity index (χ0) is 16.4. The number of hydrogen-bond donors (Lipinski definition) is 1. The van der Waals surface area contributed by atoms with E-state index in [1.807, 2.05) is 35.7 Å². The van der Waals surface area contributed by atoms with Crippen molar-refractivity contribution in [3.63, 3.8) is 0 Å². The third-order valence-corrected chi connectivity index (χ3v) is 5.09. The first-order chi connectivity index (χ1) is 11.8. The van der Waals surface area contributed by atoms with E-state index in [0.29, 0.717) is 5.16 Å². The maximum atomic E-state index is 4.76. The Morgan fingerprint density at radius 2 is 2.04 bits per heavy atom. The monoisotopic (exact) mass is 353 g/mol. The molecule has 7 heteroatoms. The smallest absolute Gasteiger partial charge is 0.214 e. The topological polar surface area (TPSA) is 67.3 Å². The molecule has 1 N–H and O–H groups in total. The van der Waals surface area contributed by atoms with Gasteiger partial charge in [-0.2, -0.15) is 11.3 Å². The van der Waals surface area contributed by atoms with E-state index in [1.54, 1.807) is 11.3 Å². The van der Waals surface area contributed by atoms with E-state index in [1.165, 1.54) is 11.8 Å². The molecule has 0 saturated heterocycles. The zero-order valence-corrected chi connectivity index (χ0v) is 14.7. The highest BCUT2D eigenvalue weighted by Gasteiger charge is 2.13. The van der Waals surface area contributed by atoms with Gasteiger partial charge < -0.3 is 0 Å². The number of rotatable bonds is 5. The minimum Gasteiger partial charge on any atom is -0.262 e. The quantitative estimate of drug-likeness (QED) is 0.532. The van der Waals surface area contributed by atoms with Crippen molar-refractivity contribution in [3.8, 4) is 11.4 Å². The Hall–Kier alpha value is -2.25. The fourth-order valence-electron chi connectivity index (χ4n) is 2.40. The van der Waals surface area contributed by atoms with Crippen LogP contribution in [0.4, 0.5) is 0 Å². The van der Waals surface area contributed by atoms with Gasteiger partial charge in [-0.05, 0) is 35.7 Å². The molecule has 5 nitrogen and oxygen atoms in total. The highest BCUT2D eigenvalue weighted by atomic mass is 32.2. The number of nitrogens with zero attached hydrogens (tertiary/aromatic N) is 4. The van der Waals surface area contributed by atoms with Gasteiger partial charge in [-0.3, -0.25) is 5.10 Å². The lowest BCUT2D eigenvalue weighted by Crippen LogP contribution is -1.93. The van der Waals surface area contributed by atoms with Crippen molar-refractivity contribution in [2.45, 2.75) is 29.9 Å². The Balaban J connectivity index is 1.77. The highest BCUT2D eigenvalue weighted by molar-refractivity contribution is 7.99. The molecule has 24 heavy (non-hydrogen) atoms. The zero-order valence-electron chi connectivity index (χ0n) is 13.1. The van der Waals surface area contributed by atoms with E-state index in [4.69, 9.17) is 4.98 Å². The SMILES string of the molecule is CCCc1nc(Sc2nc(-c3ccsc3)nc3ccccc23)n[nH]1. The van der Waals surface area contributed by atoms with Crippen molar-refractivity contribution < 1.29 is 0 Å². The Morgan fingerprint density at radius 3 is 2.88 bits per heavy atom. The van der Waals surface area contributed by atoms with Crippen molar-refractivity contribution in [2.75, 3.05) is 0 Å². The number of para-hydroxylation sites is 1. The molecule has 3 aromatic heterocycles. The number of H-pyrrole nitrogens is 1. The molecule has 0 unspecified atom stereocenters. The van der Waals surface area contributed by atoms with Crippen molar-refractivity contribution in [1.29, 1.82) is 0 Å². The molecule has 0 amide bonds. The minimum atomic E-state index is 0.693. The fourth-order valence-corrected chi connectivity index (χ4v) is 3.87. The Labute approximate surface area is 147 Å². The molecular formula is C17H15N5S2. The average molecular weight is 353 g/mol. The second-order valence-electron chi connectivity index (χ2n) is 5.30. The average Bonchev–Trinajstić information content (AvgIpc) is 3.27. The van der Waals surface area contributed by atoms with Gasteiger partial charge in [-0.15, -0.1) is 5.10 Å². The molecule has 0 aliphatic heterocycles. The maximum Gasteiger partial charge on any atom is 0.214 e. The molecule has 120 valence electrons. The third-order valence-electron chi connectivity index (χ3n) is 3.53. The van der Waals surface area contributed by atoms with Crippen LogP contribution in [-0.4, -0.2) is 25.1 Å². The summed E-state index contributed by atoms with van der Waals surface area (Å²) in [6.45, 7) is 2.13. The summed E-state index contributed by atoms with van der Waals surface area (Å²) < 4.78 is 0. The molecule has 0 atom stereocenters. The van der Waals surface area contributed by atoms with E-state index in [9.17, 15) is 0 Å². The van der Waals surface area contributed by atoms with Crippen LogP contribution < -0.4 is 0 Å². The fraction of sp³-hybridized carbons (Fsp3) is 0.176. The summed E-state index contributed by atoms with van der Waals surface area (Å²) >= 11 is 3.12. The maximum absolute atomic E-state index is 4.76. The molecule has 0 radical (unpaired) electrons. The molecular weight excluding hydrogens is 338 g/mol. The van der Waals surface area contributed by atoms with Gasteiger partial charge in [0.15, 0.2) is 5.82 Å². The second kappa shape index (κ2) is 6.70. The molecule has 4 rings (SSSR count). The third kappa shape index (κ3) is 3.05. The minimum absolute atomic E-state index is 0.693. The first-order valence-electron chi connectivity index (χ1n) is 7.72. The van der Waals surface area contributed by atoms with Gasteiger partial charge in [0, 0.05) is 22.8 Å². The van der Waals surface area contributed by atoms with Crippen LogP contribution in [-0.2, 0) is 6.42 Å². The van der Waals surface area contributed by atoms with Crippen molar-refractivity contribution >= 4 is 34.0 Å². The van der Waals surface area contributed by atoms with Gasteiger partial charge in [-0.25, -0.2) is 15.0 Å². The van der Waals surface area contributed by atoms with Gasteiger partial charge in [0.05, 0.1) is 5.52 Å². The lowest BCUT2D eigenvalue weighted by atomic mass is 10.2. The van der Waals surface area contributed by atoms with Gasteiger partial charge in [0.25, 0.3) is 0 Å². The number of thiophene rings is 1. The highest BCUT2D eigenvalue weighted by Crippen LogP contribution is 2.32. The van der Waals surface area contributed by atoms with Crippen LogP contribution in [0.25, 0.3) is 22.3 Å². The largest absolute Gasteiger partial charge is 0.262 e. The lowest BCUT2D eigenvalue weighted by Gasteiger charge is -2.06. The predicted molar refractivity (Wildman–Crippen MR) is 97.4 cm³/mol. The van der Waals surface area contributed by atoms with Crippen molar-refractivity contribution in [2.24, 2.45) is 0 Å². The summed E-state index contributed by atoms with van der Waals surface area (Å²) in [4.78, 5) is 14.0. The van der Waals surface area contributed by atoms with Crippen LogP contribution in [0.15, 0.2) is 51.3 Å². The van der Waals surface area contributed by atoms with Gasteiger partial charge >= 0.3 is 0 Å². The van der Waals surface area contributed by atoms with Crippen LogP contribution in [0.5, 0.6) is 0 Å². The Kier molecular flexibility index (Phi) is 4.27. The summed E-state index contributed by atoms with van der Waals surface area (Å²) in [5.74, 6) is 1.65. The molecule has 0 aliphatic carbocycles. The summed E-state index contributed by atoms with van der Waals surface area (Å²) in [6.07, 6.45) is 1.94. The first-order valence-corrected chi connectivity index (χ1v) is 9.48. The van der Waals surface area contributed by atoms with E-state index < -0.39 is 0 Å². The normalized spacial score (nSPS) is 11.2. The molecule has 0 bridgehead atoms. The Morgan fingerprint density at radius 1 is 1.12 bits per heavy atom. The van der Waals surface area contributed by atoms with Gasteiger partial charge in [0.2, 0.25) is 5.16 Å². The molecule has 1 aromatic carbocycles. The number of nitrogens with one attached hydrogen (secondary N) is 1. The van der Waals surface area contributed by atoms with Crippen LogP contribution in [0.2, 0.25) is 0 Å². The van der Waals surface area contributed by atoms with E-state index in [2.05, 4.69) is 32.5 Å². The number of benzene rings is 1. The molecule has 4 aromatic rings. The molecule has 0 spiro atoms. The van der Waals surface area contributed by atoms with E-state index in [-0.39, 0.29) is 0 Å². The van der Waals surface area contributed by atoms with Crippen LogP contribution in [0.1, 0.15) is 19.2 Å². The van der Waals surface area contributed by atoms with E-state index >= 15 is 0 Å². The number of hydrogen-bond acceptors (Lipinski definition) is 6. The number of aryl methyl sites for hydroxylation is 1. The van der Waals surface area contributed by atoms with Crippen LogP contribution in [0.3, 0.4) is 0 Å². The van der Waals surface area contributed by atoms with E-state index in [0.717, 1.165) is 46.0 Å². The molecule has 0 aliphatic rings. The lowest BCUT2D eigenvalue weighted by molar-refractivity contribution is 0.840. The molecule has 0 fully saturated rings. The Bertz CT molecular complexity index is 962. The first kappa shape index (κ1) is 15.3. The van der Waals surface area contributed by atoms with Crippen molar-refractivity contribution in [3.05, 3.63) is 46.9 Å². The predicted octanol–water partition coefficient (Wildman–Crippen LogP) is 4.58. The molecule has 0 saturated carbocycles. The summed E-state index contributed by atoms with van der Waals surface area (Å²) in [7, 11) is 0. The van der Waals surface area contributed by atoms with Crippen LogP contribution in [0, 0.1) is 0 Å². The molecule has 3 heterocycles. The standard InChI is InChI=1S/C17H15N5S2/c1-2-5-14-19-17(22-21-14)24-16-12-6-3-4-7-13(12)18-15(20-16)11-8-9-23-10-11/h3-4,6-10H,2,5H2,1H3,(H,19,21,22). The summed E-state index contributed by atoms with van der Waals surface area (Å²) in [6, 6.07) is 10.1.